The fraction of sp³-hybridized carbons (Fsp3) is 0.333. The summed E-state index contributed by atoms with van der Waals surface area (Å²) >= 11 is 1.29. The number of benzene rings is 1. The first-order valence-electron chi connectivity index (χ1n) is 4.27. The van der Waals surface area contributed by atoms with Crippen LogP contribution in [0.15, 0.2) is 29.2 Å². The Kier molecular flexibility index (Phi) is 3.91. The van der Waals surface area contributed by atoms with E-state index in [9.17, 15) is 10.1 Å². The van der Waals surface area contributed by atoms with Crippen molar-refractivity contribution in [2.24, 2.45) is 0 Å². The van der Waals surface area contributed by atoms with Crippen molar-refractivity contribution in [1.82, 2.24) is 4.72 Å². The van der Waals surface area contributed by atoms with Gasteiger partial charge in [-0.1, -0.05) is 12.1 Å². The molecule has 1 N–H and O–H groups in total. The minimum Gasteiger partial charge on any atom is -0.258 e. The molecule has 0 spiro atoms. The van der Waals surface area contributed by atoms with Gasteiger partial charge >= 0.3 is 0 Å². The van der Waals surface area contributed by atoms with E-state index in [0.717, 1.165) is 0 Å². The molecule has 0 unspecified atom stereocenters. The lowest BCUT2D eigenvalue weighted by Gasteiger charge is -2.06. The topological polar surface area (TPSA) is 55.2 Å². The van der Waals surface area contributed by atoms with Crippen LogP contribution in [0.2, 0.25) is 0 Å². The van der Waals surface area contributed by atoms with Crippen molar-refractivity contribution in [3.05, 3.63) is 34.4 Å². The van der Waals surface area contributed by atoms with Crippen LogP contribution in [0.3, 0.4) is 0 Å². The highest BCUT2D eigenvalue weighted by Crippen LogP contribution is 2.26. The number of para-hydroxylation sites is 1. The van der Waals surface area contributed by atoms with E-state index in [2.05, 4.69) is 4.72 Å². The molecule has 4 nitrogen and oxygen atoms in total. The molecule has 0 radical (unpaired) electrons. The highest BCUT2D eigenvalue weighted by atomic mass is 32.2. The monoisotopic (exact) mass is 212 g/mol. The summed E-state index contributed by atoms with van der Waals surface area (Å²) in [5, 5.41) is 10.6. The lowest BCUT2D eigenvalue weighted by molar-refractivity contribution is -0.387. The molecule has 0 fully saturated rings. The molecule has 0 atom stereocenters. The van der Waals surface area contributed by atoms with Crippen LogP contribution in [0.25, 0.3) is 0 Å². The van der Waals surface area contributed by atoms with E-state index >= 15 is 0 Å². The van der Waals surface area contributed by atoms with Gasteiger partial charge < -0.3 is 0 Å². The summed E-state index contributed by atoms with van der Waals surface area (Å²) in [6, 6.07) is 6.98. The van der Waals surface area contributed by atoms with Gasteiger partial charge in [-0.15, -0.1) is 0 Å². The van der Waals surface area contributed by atoms with Crippen LogP contribution in [0.4, 0.5) is 5.69 Å². The lowest BCUT2D eigenvalue weighted by atomic mass is 10.3. The largest absolute Gasteiger partial charge is 0.284 e. The minimum absolute atomic E-state index is 0.144. The van der Waals surface area contributed by atoms with Gasteiger partial charge in [-0.2, -0.15) is 0 Å². The highest BCUT2D eigenvalue weighted by Gasteiger charge is 2.12. The number of nitro benzene ring substituents is 1. The Morgan fingerprint density at radius 1 is 1.43 bits per heavy atom. The first-order valence-corrected chi connectivity index (χ1v) is 5.08. The molecule has 1 aromatic carbocycles. The minimum atomic E-state index is -0.371. The van der Waals surface area contributed by atoms with Crippen LogP contribution >= 0.6 is 11.9 Å². The number of hydrogen-bond acceptors (Lipinski definition) is 4. The molecule has 1 aromatic rings. The summed E-state index contributed by atoms with van der Waals surface area (Å²) in [5.41, 5.74) is 0.144. The maximum Gasteiger partial charge on any atom is 0.284 e. The average molecular weight is 212 g/mol. The molecule has 5 heteroatoms. The van der Waals surface area contributed by atoms with Gasteiger partial charge in [0.05, 0.1) is 4.92 Å². The van der Waals surface area contributed by atoms with E-state index in [0.29, 0.717) is 10.9 Å². The summed E-state index contributed by atoms with van der Waals surface area (Å²) in [6.45, 7) is 3.98. The first kappa shape index (κ1) is 11.0. The smallest absolute Gasteiger partial charge is 0.258 e. The van der Waals surface area contributed by atoms with Crippen LogP contribution in [-0.2, 0) is 0 Å². The van der Waals surface area contributed by atoms with Crippen molar-refractivity contribution in [2.45, 2.75) is 24.8 Å². The van der Waals surface area contributed by atoms with Crippen LogP contribution in [0.1, 0.15) is 13.8 Å². The van der Waals surface area contributed by atoms with E-state index in [4.69, 9.17) is 0 Å². The zero-order valence-electron chi connectivity index (χ0n) is 8.06. The number of nitrogens with zero attached hydrogens (tertiary/aromatic N) is 1. The average Bonchev–Trinajstić information content (AvgIpc) is 2.15. The van der Waals surface area contributed by atoms with Crippen molar-refractivity contribution in [2.75, 3.05) is 0 Å². The second kappa shape index (κ2) is 4.97. The van der Waals surface area contributed by atoms with Crippen molar-refractivity contribution < 1.29 is 4.92 Å². The molecule has 14 heavy (non-hydrogen) atoms. The van der Waals surface area contributed by atoms with Gasteiger partial charge in [-0.25, -0.2) is 0 Å². The van der Waals surface area contributed by atoms with E-state index in [1.807, 2.05) is 13.8 Å². The normalized spacial score (nSPS) is 10.5. The number of rotatable bonds is 4. The molecule has 0 bridgehead atoms. The third-order valence-electron chi connectivity index (χ3n) is 1.47. The van der Waals surface area contributed by atoms with Gasteiger partial charge in [0.15, 0.2) is 0 Å². The third kappa shape index (κ3) is 3.01. The van der Waals surface area contributed by atoms with Crippen molar-refractivity contribution in [3.63, 3.8) is 0 Å². The standard InChI is InChI=1S/C9H12N2O2S/c1-7(2)10-14-9-6-4-3-5-8(9)11(12)13/h3-7,10H,1-2H3. The fourth-order valence-electron chi connectivity index (χ4n) is 0.876. The Morgan fingerprint density at radius 3 is 2.64 bits per heavy atom. The van der Waals surface area contributed by atoms with Gasteiger partial charge in [0.2, 0.25) is 0 Å². The molecule has 0 heterocycles. The summed E-state index contributed by atoms with van der Waals surface area (Å²) in [6.07, 6.45) is 0. The summed E-state index contributed by atoms with van der Waals surface area (Å²) in [7, 11) is 0. The highest BCUT2D eigenvalue weighted by molar-refractivity contribution is 7.97. The van der Waals surface area contributed by atoms with E-state index < -0.39 is 0 Å². The molecule has 0 saturated heterocycles. The van der Waals surface area contributed by atoms with Crippen LogP contribution in [-0.4, -0.2) is 11.0 Å². The van der Waals surface area contributed by atoms with Crippen molar-refractivity contribution >= 4 is 17.6 Å². The quantitative estimate of drug-likeness (QED) is 0.473. The second-order valence-corrected chi connectivity index (χ2v) is 3.98. The second-order valence-electron chi connectivity index (χ2n) is 3.10. The SMILES string of the molecule is CC(C)NSc1ccccc1[N+](=O)[O-]. The Balaban J connectivity index is 2.79. The zero-order valence-corrected chi connectivity index (χ0v) is 8.88. The number of hydrogen-bond donors (Lipinski definition) is 1. The molecular weight excluding hydrogens is 200 g/mol. The molecule has 0 aliphatic carbocycles. The molecule has 0 aliphatic rings. The maximum absolute atomic E-state index is 10.6. The Morgan fingerprint density at radius 2 is 2.07 bits per heavy atom. The van der Waals surface area contributed by atoms with Gasteiger partial charge in [0, 0.05) is 12.1 Å². The maximum atomic E-state index is 10.6. The van der Waals surface area contributed by atoms with Crippen LogP contribution < -0.4 is 4.72 Å². The van der Waals surface area contributed by atoms with E-state index in [1.165, 1.54) is 18.0 Å². The predicted molar refractivity (Wildman–Crippen MR) is 57.2 cm³/mol. The number of nitrogens with one attached hydrogen (secondary N) is 1. The summed E-state index contributed by atoms with van der Waals surface area (Å²) in [5.74, 6) is 0. The molecule has 0 saturated carbocycles. The molecule has 0 aromatic heterocycles. The van der Waals surface area contributed by atoms with Crippen molar-refractivity contribution in [3.8, 4) is 0 Å². The Bertz CT molecular complexity index is 328. The number of nitro groups is 1. The zero-order chi connectivity index (χ0) is 10.6. The predicted octanol–water partition coefficient (Wildman–Crippen LogP) is 2.60. The third-order valence-corrected chi connectivity index (χ3v) is 2.62. The lowest BCUT2D eigenvalue weighted by Crippen LogP contribution is -2.13. The fourth-order valence-corrected chi connectivity index (χ4v) is 1.63. The van der Waals surface area contributed by atoms with E-state index in [1.54, 1.807) is 18.2 Å². The molecule has 76 valence electrons. The van der Waals surface area contributed by atoms with Gasteiger partial charge in [-0.05, 0) is 31.9 Å². The molecule has 0 aliphatic heterocycles. The first-order chi connectivity index (χ1) is 6.61. The van der Waals surface area contributed by atoms with Gasteiger partial charge in [0.25, 0.3) is 5.69 Å². The molecule has 1 rings (SSSR count). The van der Waals surface area contributed by atoms with Crippen molar-refractivity contribution in [1.29, 1.82) is 0 Å². The Hall–Kier alpha value is -1.07. The molecular formula is C9H12N2O2S. The van der Waals surface area contributed by atoms with Gasteiger partial charge in [0.1, 0.15) is 4.90 Å². The van der Waals surface area contributed by atoms with Crippen LogP contribution in [0, 0.1) is 10.1 Å². The van der Waals surface area contributed by atoms with E-state index in [-0.39, 0.29) is 10.6 Å². The summed E-state index contributed by atoms with van der Waals surface area (Å²) in [4.78, 5) is 10.9. The molecule has 0 amide bonds. The van der Waals surface area contributed by atoms with Crippen LogP contribution in [0.5, 0.6) is 0 Å². The van der Waals surface area contributed by atoms with Gasteiger partial charge in [-0.3, -0.25) is 14.8 Å². The Labute approximate surface area is 87.0 Å². The summed E-state index contributed by atoms with van der Waals surface area (Å²) < 4.78 is 3.07.